The normalized spacial score (nSPS) is 51.2. The second-order valence-corrected chi connectivity index (χ2v) is 17.5. The Labute approximate surface area is 403 Å². The average molecular weight is 1050 g/mol. The number of rotatable bonds is 9. The maximum absolute atomic E-state index is 11.5. The van der Waals surface area contributed by atoms with Gasteiger partial charge in [0.1, 0.15) is 128 Å². The molecule has 0 amide bonds. The van der Waals surface area contributed by atoms with Crippen LogP contribution in [0.15, 0.2) is 15.3 Å². The summed E-state index contributed by atoms with van der Waals surface area (Å²) >= 11 is 0. The van der Waals surface area contributed by atoms with E-state index >= 15 is 0 Å². The molecular formula is C36H57N9O27. The van der Waals surface area contributed by atoms with E-state index in [1.807, 2.05) is 0 Å². The fourth-order valence-corrected chi connectivity index (χ4v) is 9.28. The monoisotopic (exact) mass is 1050 g/mol. The van der Waals surface area contributed by atoms with Crippen molar-refractivity contribution in [2.45, 2.75) is 184 Å². The minimum atomic E-state index is -2.21. The molecule has 30 atom stereocenters. The zero-order valence-electron chi connectivity index (χ0n) is 37.2. The van der Waals surface area contributed by atoms with Crippen molar-refractivity contribution >= 4 is 0 Å². The highest BCUT2D eigenvalue weighted by molar-refractivity contribution is 5.01. The number of ether oxygens (including phenoxy) is 12. The Balaban J connectivity index is 1.24. The lowest BCUT2D eigenvalue weighted by molar-refractivity contribution is -0.401. The Bertz CT molecular complexity index is 1900. The van der Waals surface area contributed by atoms with E-state index in [2.05, 4.69) is 30.1 Å². The molecule has 15 N–H and O–H groups in total. The van der Waals surface area contributed by atoms with Crippen LogP contribution in [0.1, 0.15) is 0 Å². The highest BCUT2D eigenvalue weighted by Crippen LogP contribution is 2.38. The molecule has 22 saturated heterocycles. The van der Waals surface area contributed by atoms with Crippen LogP contribution >= 0.6 is 0 Å². The molecule has 0 saturated carbocycles. The molecule has 408 valence electrons. The second-order valence-electron chi connectivity index (χ2n) is 17.5. The highest BCUT2D eigenvalue weighted by atomic mass is 16.8. The molecule has 0 spiro atoms. The summed E-state index contributed by atoms with van der Waals surface area (Å²) < 4.78 is 69.1. The largest absolute Gasteiger partial charge is 0.394 e. The van der Waals surface area contributed by atoms with Gasteiger partial charge in [0.2, 0.25) is 0 Å². The van der Waals surface area contributed by atoms with E-state index < -0.39 is 224 Å². The molecule has 22 aliphatic heterocycles. The molecule has 36 nitrogen and oxygen atoms in total. The zero-order valence-corrected chi connectivity index (χ0v) is 37.2. The lowest BCUT2D eigenvalue weighted by atomic mass is 9.94. The smallest absolute Gasteiger partial charge is 0.187 e. The van der Waals surface area contributed by atoms with E-state index in [0.717, 1.165) is 0 Å². The molecule has 0 aromatic heterocycles. The van der Waals surface area contributed by atoms with Crippen LogP contribution < -0.4 is 0 Å². The molecule has 36 heteroatoms. The maximum atomic E-state index is 11.5. The van der Waals surface area contributed by atoms with Crippen molar-refractivity contribution < 1.29 is 133 Å². The number of aliphatic hydroxyl groups is 15. The maximum Gasteiger partial charge on any atom is 0.187 e. The van der Waals surface area contributed by atoms with Crippen LogP contribution in [0.3, 0.4) is 0 Å². The van der Waals surface area contributed by atoms with Crippen LogP contribution in [0.2, 0.25) is 0 Å². The highest BCUT2D eigenvalue weighted by Gasteiger charge is 2.58. The van der Waals surface area contributed by atoms with E-state index in [1.165, 1.54) is 0 Å². The molecule has 0 aromatic rings. The van der Waals surface area contributed by atoms with E-state index in [1.54, 1.807) is 0 Å². The van der Waals surface area contributed by atoms with Gasteiger partial charge in [-0.2, -0.15) is 0 Å². The summed E-state index contributed by atoms with van der Waals surface area (Å²) in [4.78, 5) is 7.94. The fraction of sp³-hybridized carbons (Fsp3) is 1.00. The summed E-state index contributed by atoms with van der Waals surface area (Å²) in [6.07, 6.45) is -59.6. The fourth-order valence-electron chi connectivity index (χ4n) is 9.28. The van der Waals surface area contributed by atoms with Gasteiger partial charge in [-0.25, -0.2) is 0 Å². The molecule has 0 aliphatic carbocycles. The number of hydrogen-bond acceptors (Lipinski definition) is 30. The molecule has 0 radical (unpaired) electrons. The molecule has 12 bridgehead atoms. The SMILES string of the molecule is [N-]=[N+]=NC[C@H]1O[C@@H]2O[C@H]3[C@H](O)[C@@H](O)[C@@H](O[C@H]4[C@H](O)[C@@H](O)[C@@H](O[C@H]5[C@H](O)[C@@H](O)[C@@H](O[C@H]6[C@H](O)[C@@H](O)[C@@H](O[C@H]7[C@H](O)[C@@H](O)[C@@H](O[C@H]1[C@H](O)[C@H]2O)O[C@@H]7CO)O[C@@H]6CO)O[C@@H]5CO)O[C@@H]4CN=[N+]=[N-])O[C@@H]3CN=[N+]=[N-]. The summed E-state index contributed by atoms with van der Waals surface area (Å²) in [6.45, 7) is -5.25. The topological polar surface area (TPSA) is 560 Å². The third-order valence-corrected chi connectivity index (χ3v) is 13.1. The molecule has 22 heterocycles. The first-order valence-electron chi connectivity index (χ1n) is 22.3. The second kappa shape index (κ2) is 24.7. The van der Waals surface area contributed by atoms with Crippen LogP contribution in [0, 0.1) is 0 Å². The predicted molar refractivity (Wildman–Crippen MR) is 217 cm³/mol. The lowest BCUT2D eigenvalue weighted by Gasteiger charge is -2.50. The van der Waals surface area contributed by atoms with E-state index in [9.17, 15) is 93.2 Å². The Morgan fingerprint density at radius 1 is 0.264 bits per heavy atom. The third kappa shape index (κ3) is 11.5. The van der Waals surface area contributed by atoms with Crippen molar-refractivity contribution in [3.8, 4) is 0 Å². The van der Waals surface area contributed by atoms with Crippen LogP contribution in [0.5, 0.6) is 0 Å². The summed E-state index contributed by atoms with van der Waals surface area (Å²) in [6, 6.07) is 0. The number of azide groups is 3. The average Bonchev–Trinajstić information content (AvgIpc) is 3.37. The quantitative estimate of drug-likeness (QED) is 0.0579. The van der Waals surface area contributed by atoms with Gasteiger partial charge in [-0.3, -0.25) is 0 Å². The zero-order chi connectivity index (χ0) is 52.3. The first-order chi connectivity index (χ1) is 34.4. The van der Waals surface area contributed by atoms with E-state index in [0.29, 0.717) is 0 Å². The number of hydrogen-bond donors (Lipinski definition) is 15. The summed E-state index contributed by atoms with van der Waals surface area (Å²) in [7, 11) is 0. The Morgan fingerprint density at radius 2 is 0.431 bits per heavy atom. The van der Waals surface area contributed by atoms with Gasteiger partial charge in [0, 0.05) is 14.7 Å². The van der Waals surface area contributed by atoms with Crippen molar-refractivity contribution in [1.82, 2.24) is 0 Å². The van der Waals surface area contributed by atoms with Gasteiger partial charge in [-0.15, -0.1) is 0 Å². The summed E-state index contributed by atoms with van der Waals surface area (Å²) in [5.74, 6) is 0. The number of nitrogens with zero attached hydrogens (tertiary/aromatic N) is 9. The first-order valence-corrected chi connectivity index (χ1v) is 22.3. The minimum Gasteiger partial charge on any atom is -0.394 e. The van der Waals surface area contributed by atoms with E-state index in [4.69, 9.17) is 56.8 Å². The van der Waals surface area contributed by atoms with Gasteiger partial charge >= 0.3 is 0 Å². The van der Waals surface area contributed by atoms with Crippen molar-refractivity contribution in [2.75, 3.05) is 39.5 Å². The summed E-state index contributed by atoms with van der Waals surface area (Å²) in [5, 5.41) is 177. The van der Waals surface area contributed by atoms with Gasteiger partial charge in [0.05, 0.1) is 57.8 Å². The van der Waals surface area contributed by atoms with Crippen LogP contribution in [-0.4, -0.2) is 300 Å². The van der Waals surface area contributed by atoms with Gasteiger partial charge in [-0.05, 0) is 16.6 Å². The van der Waals surface area contributed by atoms with Gasteiger partial charge in [-0.1, -0.05) is 15.3 Å². The van der Waals surface area contributed by atoms with Crippen molar-refractivity contribution in [1.29, 1.82) is 0 Å². The predicted octanol–water partition coefficient (Wildman–Crippen LogP) is -9.10. The van der Waals surface area contributed by atoms with Crippen molar-refractivity contribution in [2.24, 2.45) is 15.3 Å². The molecule has 0 aromatic carbocycles. The Kier molecular flexibility index (Phi) is 19.4. The van der Waals surface area contributed by atoms with Crippen LogP contribution in [0.4, 0.5) is 0 Å². The Hall–Kier alpha value is -3.15. The van der Waals surface area contributed by atoms with Crippen LogP contribution in [-0.2, 0) is 56.8 Å². The molecule has 72 heavy (non-hydrogen) atoms. The first kappa shape index (κ1) is 56.6. The summed E-state index contributed by atoms with van der Waals surface area (Å²) in [5.41, 5.74) is 27.5. The van der Waals surface area contributed by atoms with Gasteiger partial charge in [0.15, 0.2) is 37.7 Å². The molecule has 22 aliphatic rings. The van der Waals surface area contributed by atoms with E-state index in [-0.39, 0.29) is 0 Å². The standard InChI is InChI=1S/C36H57N9O27/c37-43-40-1-7-25-13(49)19(55)31(61-7)68-26-8(2-41-44-38)63-33(21(57)15(26)51)70-28-10(4-46)65-35(23(59)17(28)53)72-30-12(6-48)66-36(24(60)18(30)54)71-29-11(5-47)64-34(22(58)16(29)52)69-27-9(3-42-45-39)62-32(67-25)20(56)14(27)50/h7-36,46-60H,1-6H2/t7-,8-,9-,10-,11-,12-,13-,14-,15-,16-,17-,18-,19-,20-,21-,22-,23-,24-,25-,26-,27-,28-,29-,30-,31-,32-,33-,34-,35-,36-/m1/s1. The minimum absolute atomic E-state index is 0.721. The van der Waals surface area contributed by atoms with Crippen molar-refractivity contribution in [3.63, 3.8) is 0 Å². The molecule has 22 rings (SSSR count). The third-order valence-electron chi connectivity index (χ3n) is 13.1. The Morgan fingerprint density at radius 3 is 0.597 bits per heavy atom. The van der Waals surface area contributed by atoms with Crippen LogP contribution in [0.25, 0.3) is 31.3 Å². The molecule has 0 unspecified atom stereocenters. The van der Waals surface area contributed by atoms with Crippen molar-refractivity contribution in [3.05, 3.63) is 31.3 Å². The molecular weight excluding hydrogens is 990 g/mol. The lowest BCUT2D eigenvalue weighted by Crippen LogP contribution is -2.69. The number of aliphatic hydroxyl groups excluding tert-OH is 15. The molecule has 22 fully saturated rings. The van der Waals surface area contributed by atoms with Gasteiger partial charge in [0.25, 0.3) is 0 Å². The van der Waals surface area contributed by atoms with Gasteiger partial charge < -0.3 is 133 Å².